The van der Waals surface area contributed by atoms with Crippen molar-refractivity contribution in [1.82, 2.24) is 9.88 Å². The van der Waals surface area contributed by atoms with Crippen LogP contribution in [0.4, 0.5) is 22.9 Å². The number of hydrogen-bond acceptors (Lipinski definition) is 6. The van der Waals surface area contributed by atoms with Gasteiger partial charge < -0.3 is 24.6 Å². The zero-order valence-corrected chi connectivity index (χ0v) is 26.5. The summed E-state index contributed by atoms with van der Waals surface area (Å²) in [7, 11) is 5.42. The van der Waals surface area contributed by atoms with Crippen molar-refractivity contribution < 1.29 is 9.47 Å². The van der Waals surface area contributed by atoms with Crippen molar-refractivity contribution in [2.45, 2.75) is 6.04 Å². The fourth-order valence-electron chi connectivity index (χ4n) is 5.99. The van der Waals surface area contributed by atoms with Crippen molar-refractivity contribution in [3.63, 3.8) is 0 Å². The average molecular weight is 615 g/mol. The number of methoxy groups -OCH3 is 2. The number of pyridine rings is 1. The van der Waals surface area contributed by atoms with Crippen LogP contribution in [0.2, 0.25) is 0 Å². The number of likely N-dealkylation sites (N-methyl/N-ethyl adjacent to an activating group) is 1. The summed E-state index contributed by atoms with van der Waals surface area (Å²) in [6.45, 7) is 0. The number of fused-ring (bicyclic) bond motifs is 2. The molecule has 5 aromatic carbocycles. The maximum Gasteiger partial charge on any atom is 0.131 e. The van der Waals surface area contributed by atoms with Gasteiger partial charge in [0.25, 0.3) is 0 Å². The van der Waals surface area contributed by atoms with E-state index in [1.165, 1.54) is 0 Å². The van der Waals surface area contributed by atoms with E-state index in [4.69, 9.17) is 9.47 Å². The predicted molar refractivity (Wildman–Crippen MR) is 193 cm³/mol. The minimum Gasteiger partial charge on any atom is -0.497 e. The molecule has 6 heteroatoms. The second-order valence-electron chi connectivity index (χ2n) is 11.1. The summed E-state index contributed by atoms with van der Waals surface area (Å²) < 4.78 is 11.0. The fraction of sp³-hybridized carbons (Fsp3) is 0.0976. The number of nitrogens with zero attached hydrogens (tertiary/aromatic N) is 3. The highest BCUT2D eigenvalue weighted by atomic mass is 16.5. The summed E-state index contributed by atoms with van der Waals surface area (Å²) in [6, 6.07) is 39.1. The summed E-state index contributed by atoms with van der Waals surface area (Å²) in [5, 5.41) is 7.80. The van der Waals surface area contributed by atoms with E-state index in [0.29, 0.717) is 0 Å². The average Bonchev–Trinajstić information content (AvgIpc) is 3.13. The third-order valence-electron chi connectivity index (χ3n) is 8.40. The molecule has 0 amide bonds. The van der Waals surface area contributed by atoms with Crippen molar-refractivity contribution >= 4 is 44.4 Å². The smallest absolute Gasteiger partial charge is 0.131 e. The summed E-state index contributed by atoms with van der Waals surface area (Å²) in [4.78, 5) is 8.86. The van der Waals surface area contributed by atoms with Gasteiger partial charge in [-0.2, -0.15) is 0 Å². The van der Waals surface area contributed by atoms with Gasteiger partial charge in [0.15, 0.2) is 0 Å². The number of aromatic nitrogens is 1. The van der Waals surface area contributed by atoms with E-state index in [1.54, 1.807) is 20.4 Å². The van der Waals surface area contributed by atoms with E-state index in [9.17, 15) is 0 Å². The van der Waals surface area contributed by atoms with E-state index < -0.39 is 0 Å². The van der Waals surface area contributed by atoms with Crippen molar-refractivity contribution in [2.24, 2.45) is 0 Å². The van der Waals surface area contributed by atoms with Crippen LogP contribution in [-0.4, -0.2) is 37.2 Å². The quantitative estimate of drug-likeness (QED) is 0.143. The molecule has 1 atom stereocenters. The first kappa shape index (κ1) is 29.5. The molecule has 1 aliphatic rings. The Bertz CT molecular complexity index is 2060. The molecule has 0 spiro atoms. The van der Waals surface area contributed by atoms with E-state index in [2.05, 4.69) is 111 Å². The van der Waals surface area contributed by atoms with Gasteiger partial charge in [0.1, 0.15) is 29.2 Å². The molecule has 1 aliphatic heterocycles. The lowest BCUT2D eigenvalue weighted by molar-refractivity contribution is 0.408. The second-order valence-corrected chi connectivity index (χ2v) is 11.1. The molecule has 1 unspecified atom stereocenters. The summed E-state index contributed by atoms with van der Waals surface area (Å²) >= 11 is 0. The SMILES string of the molecule is COc1ccc(N(c2ccc(OC)cc2)c2c3ccccc3c(C#CC3C=CC=C(Nc4ccccn4)N3C)c3ccccc23)cc1. The van der Waals surface area contributed by atoms with E-state index in [-0.39, 0.29) is 6.04 Å². The Balaban J connectivity index is 1.38. The first-order valence-electron chi connectivity index (χ1n) is 15.5. The molecule has 1 aromatic heterocycles. The van der Waals surface area contributed by atoms with Crippen LogP contribution in [0.3, 0.4) is 0 Å². The Labute approximate surface area is 275 Å². The standard InChI is InChI=1S/C41H34N4O2/c1-44-29(11-10-17-40(44)43-39-16-8-9-28-42-39)22-27-36-34-12-4-6-14-37(34)41(38-15-7-5-13-35(36)38)45(30-18-23-32(46-2)24-19-30)31-20-25-33(47-3)26-21-31/h4-21,23-26,28-29H,1-3H3,(H,42,43). The molecular weight excluding hydrogens is 580 g/mol. The first-order valence-corrected chi connectivity index (χ1v) is 15.5. The van der Waals surface area contributed by atoms with Crippen LogP contribution in [0.15, 0.2) is 146 Å². The Morgan fingerprint density at radius 1 is 0.702 bits per heavy atom. The molecule has 0 saturated heterocycles. The summed E-state index contributed by atoms with van der Waals surface area (Å²) in [5.74, 6) is 10.5. The van der Waals surface area contributed by atoms with Crippen LogP contribution in [-0.2, 0) is 0 Å². The molecule has 7 rings (SSSR count). The lowest BCUT2D eigenvalue weighted by atomic mass is 9.93. The van der Waals surface area contributed by atoms with Crippen LogP contribution >= 0.6 is 0 Å². The molecule has 0 bridgehead atoms. The van der Waals surface area contributed by atoms with Gasteiger partial charge in [-0.3, -0.25) is 0 Å². The molecule has 6 nitrogen and oxygen atoms in total. The van der Waals surface area contributed by atoms with Gasteiger partial charge in [-0.25, -0.2) is 4.98 Å². The highest BCUT2D eigenvalue weighted by Gasteiger charge is 2.22. The third-order valence-corrected chi connectivity index (χ3v) is 8.40. The van der Waals surface area contributed by atoms with Crippen LogP contribution in [0.5, 0.6) is 11.5 Å². The Morgan fingerprint density at radius 3 is 1.79 bits per heavy atom. The van der Waals surface area contributed by atoms with E-state index in [0.717, 1.165) is 67.3 Å². The van der Waals surface area contributed by atoms with Crippen LogP contribution in [0.25, 0.3) is 21.5 Å². The van der Waals surface area contributed by atoms with Gasteiger partial charge in [0.05, 0.1) is 19.9 Å². The molecular formula is C41H34N4O2. The van der Waals surface area contributed by atoms with Crippen molar-refractivity contribution in [3.05, 3.63) is 151 Å². The van der Waals surface area contributed by atoms with Crippen molar-refractivity contribution in [3.8, 4) is 23.3 Å². The van der Waals surface area contributed by atoms with Gasteiger partial charge in [0, 0.05) is 51.7 Å². The zero-order valence-electron chi connectivity index (χ0n) is 26.5. The largest absolute Gasteiger partial charge is 0.497 e. The molecule has 6 aromatic rings. The van der Waals surface area contributed by atoms with Gasteiger partial charge >= 0.3 is 0 Å². The lowest BCUT2D eigenvalue weighted by Gasteiger charge is -2.30. The molecule has 47 heavy (non-hydrogen) atoms. The number of nitrogens with one attached hydrogen (secondary N) is 1. The molecule has 0 aliphatic carbocycles. The van der Waals surface area contributed by atoms with Crippen molar-refractivity contribution in [1.29, 1.82) is 0 Å². The Morgan fingerprint density at radius 2 is 1.26 bits per heavy atom. The molecule has 0 saturated carbocycles. The second kappa shape index (κ2) is 13.0. The Kier molecular flexibility index (Phi) is 8.19. The molecule has 1 N–H and O–H groups in total. The van der Waals surface area contributed by atoms with Crippen molar-refractivity contribution in [2.75, 3.05) is 31.5 Å². The number of benzene rings is 5. The highest BCUT2D eigenvalue weighted by molar-refractivity contribution is 6.17. The zero-order chi connectivity index (χ0) is 32.2. The van der Waals surface area contributed by atoms with Crippen LogP contribution < -0.4 is 19.7 Å². The third kappa shape index (κ3) is 5.83. The number of rotatable bonds is 7. The number of allylic oxidation sites excluding steroid dienone is 2. The maximum atomic E-state index is 5.50. The van der Waals surface area contributed by atoms with Gasteiger partial charge in [-0.1, -0.05) is 72.5 Å². The predicted octanol–water partition coefficient (Wildman–Crippen LogP) is 9.05. The highest BCUT2D eigenvalue weighted by Crippen LogP contribution is 2.45. The molecule has 0 fully saturated rings. The number of anilines is 4. The normalized spacial score (nSPS) is 13.9. The molecule has 2 heterocycles. The molecule has 0 radical (unpaired) electrons. The summed E-state index contributed by atoms with van der Waals surface area (Å²) in [5.41, 5.74) is 4.11. The minimum atomic E-state index is -0.126. The minimum absolute atomic E-state index is 0.126. The maximum absolute atomic E-state index is 5.50. The topological polar surface area (TPSA) is 49.9 Å². The van der Waals surface area contributed by atoms with Gasteiger partial charge in [0.2, 0.25) is 0 Å². The Hall–Kier alpha value is -6.19. The van der Waals surface area contributed by atoms with Gasteiger partial charge in [-0.05, 0) is 72.8 Å². The lowest BCUT2D eigenvalue weighted by Crippen LogP contribution is -2.33. The van der Waals surface area contributed by atoms with Crippen LogP contribution in [0.1, 0.15) is 5.56 Å². The number of hydrogen-bond donors (Lipinski definition) is 1. The van der Waals surface area contributed by atoms with E-state index >= 15 is 0 Å². The number of ether oxygens (including phenoxy) is 2. The molecule has 230 valence electrons. The summed E-state index contributed by atoms with van der Waals surface area (Å²) in [6.07, 6.45) is 7.98. The van der Waals surface area contributed by atoms with Crippen LogP contribution in [0, 0.1) is 11.8 Å². The van der Waals surface area contributed by atoms with E-state index in [1.807, 2.05) is 61.7 Å². The monoisotopic (exact) mass is 614 g/mol. The van der Waals surface area contributed by atoms with Gasteiger partial charge in [-0.15, -0.1) is 0 Å². The first-order chi connectivity index (χ1) is 23.1. The fourth-order valence-corrected chi connectivity index (χ4v) is 5.99.